The quantitative estimate of drug-likeness (QED) is 0.584. The Bertz CT molecular complexity index is 822. The number of anilines is 1. The van der Waals surface area contributed by atoms with E-state index in [2.05, 4.69) is 15.4 Å². The van der Waals surface area contributed by atoms with Crippen molar-refractivity contribution in [3.63, 3.8) is 0 Å². The van der Waals surface area contributed by atoms with Crippen LogP contribution < -0.4 is 15.4 Å². The number of carbonyl (C=O) groups is 1. The highest BCUT2D eigenvalue weighted by Gasteiger charge is 2.13. The molecule has 0 radical (unpaired) electrons. The normalized spacial score (nSPS) is 11.3. The molecular weight excluding hydrogens is 357 g/mol. The van der Waals surface area contributed by atoms with Gasteiger partial charge in [-0.3, -0.25) is 4.79 Å². The summed E-state index contributed by atoms with van der Waals surface area (Å²) in [4.78, 5) is 12.2. The monoisotopic (exact) mass is 379 g/mol. The predicted octanol–water partition coefficient (Wildman–Crippen LogP) is 2.36. The average Bonchev–Trinajstić information content (AvgIpc) is 2.62. The molecule has 0 aliphatic heterocycles. The first-order valence-electron chi connectivity index (χ1n) is 8.30. The molecule has 0 spiro atoms. The van der Waals surface area contributed by atoms with Crippen LogP contribution in [0.25, 0.3) is 0 Å². The highest BCUT2D eigenvalue weighted by atomic mass is 32.2. The first-order valence-corrected chi connectivity index (χ1v) is 9.78. The van der Waals surface area contributed by atoms with Gasteiger partial charge in [-0.25, -0.2) is 17.5 Å². The number of carbonyl (C=O) groups excluding carboxylic acids is 1. The van der Waals surface area contributed by atoms with Crippen LogP contribution in [0.1, 0.15) is 23.7 Å². The predicted molar refractivity (Wildman–Crippen MR) is 99.1 cm³/mol. The molecule has 0 unspecified atom stereocenters. The number of nitrogens with one attached hydrogen (secondary N) is 3. The number of rotatable bonds is 9. The largest absolute Gasteiger partial charge is 0.322 e. The van der Waals surface area contributed by atoms with Crippen LogP contribution in [0.3, 0.4) is 0 Å². The van der Waals surface area contributed by atoms with E-state index in [0.717, 1.165) is 13.0 Å². The summed E-state index contributed by atoms with van der Waals surface area (Å²) < 4.78 is 39.8. The molecule has 2 aromatic carbocycles. The lowest BCUT2D eigenvalue weighted by atomic mass is 10.2. The molecule has 2 rings (SSSR count). The molecule has 0 saturated heterocycles. The van der Waals surface area contributed by atoms with Crippen molar-refractivity contribution >= 4 is 21.6 Å². The van der Waals surface area contributed by atoms with Gasteiger partial charge in [-0.15, -0.1) is 0 Å². The molecule has 0 saturated carbocycles. The zero-order valence-corrected chi connectivity index (χ0v) is 15.3. The minimum absolute atomic E-state index is 0.118. The van der Waals surface area contributed by atoms with Gasteiger partial charge in [0.15, 0.2) is 0 Å². The van der Waals surface area contributed by atoms with Crippen LogP contribution in [0.4, 0.5) is 10.1 Å². The van der Waals surface area contributed by atoms with Crippen molar-refractivity contribution in [2.24, 2.45) is 0 Å². The highest BCUT2D eigenvalue weighted by Crippen LogP contribution is 2.15. The van der Waals surface area contributed by atoms with Crippen molar-refractivity contribution in [1.29, 1.82) is 0 Å². The molecule has 0 aliphatic rings. The molecule has 6 nitrogen and oxygen atoms in total. The topological polar surface area (TPSA) is 87.3 Å². The fourth-order valence-corrected chi connectivity index (χ4v) is 3.21. The fraction of sp³-hybridized carbons (Fsp3) is 0.278. The summed E-state index contributed by atoms with van der Waals surface area (Å²) in [5.41, 5.74) is 0.757. The molecule has 0 bridgehead atoms. The van der Waals surface area contributed by atoms with E-state index in [1.165, 1.54) is 48.5 Å². The molecule has 0 aromatic heterocycles. The van der Waals surface area contributed by atoms with E-state index >= 15 is 0 Å². The molecule has 0 aliphatic carbocycles. The van der Waals surface area contributed by atoms with Crippen molar-refractivity contribution in [2.45, 2.75) is 18.2 Å². The van der Waals surface area contributed by atoms with Gasteiger partial charge in [0.2, 0.25) is 10.0 Å². The third-order valence-electron chi connectivity index (χ3n) is 3.55. The van der Waals surface area contributed by atoms with E-state index in [-0.39, 0.29) is 4.90 Å². The summed E-state index contributed by atoms with van der Waals surface area (Å²) in [6.45, 7) is 3.72. The lowest BCUT2D eigenvalue weighted by molar-refractivity contribution is 0.102. The van der Waals surface area contributed by atoms with Gasteiger partial charge in [0, 0.05) is 24.3 Å². The first-order chi connectivity index (χ1) is 12.4. The van der Waals surface area contributed by atoms with E-state index in [1.54, 1.807) is 0 Å². The fourth-order valence-electron chi connectivity index (χ4n) is 2.18. The van der Waals surface area contributed by atoms with Crippen LogP contribution in [0.5, 0.6) is 0 Å². The minimum Gasteiger partial charge on any atom is -0.322 e. The van der Waals surface area contributed by atoms with Crippen molar-refractivity contribution in [3.8, 4) is 0 Å². The van der Waals surface area contributed by atoms with E-state index < -0.39 is 21.7 Å². The van der Waals surface area contributed by atoms with Gasteiger partial charge >= 0.3 is 0 Å². The molecule has 0 heterocycles. The summed E-state index contributed by atoms with van der Waals surface area (Å²) >= 11 is 0. The van der Waals surface area contributed by atoms with Crippen molar-refractivity contribution in [3.05, 3.63) is 59.9 Å². The van der Waals surface area contributed by atoms with Crippen LogP contribution in [0, 0.1) is 5.82 Å². The van der Waals surface area contributed by atoms with E-state index in [1.807, 2.05) is 6.92 Å². The second kappa shape index (κ2) is 9.42. The van der Waals surface area contributed by atoms with E-state index in [0.29, 0.717) is 24.3 Å². The van der Waals surface area contributed by atoms with Crippen LogP contribution in [-0.2, 0) is 10.0 Å². The van der Waals surface area contributed by atoms with Gasteiger partial charge in [-0.1, -0.05) is 6.92 Å². The third kappa shape index (κ3) is 5.91. The Morgan fingerprint density at radius 1 is 0.962 bits per heavy atom. The van der Waals surface area contributed by atoms with Crippen LogP contribution in [0.2, 0.25) is 0 Å². The van der Waals surface area contributed by atoms with Gasteiger partial charge in [0.1, 0.15) is 5.82 Å². The standard InChI is InChI=1S/C18H22FN3O3S/c1-2-11-20-12-13-21-26(24,25)17-9-7-16(8-10-17)22-18(23)14-3-5-15(19)6-4-14/h3-10,20-21H,2,11-13H2,1H3,(H,22,23). The Balaban J connectivity index is 1.94. The minimum atomic E-state index is -3.59. The van der Waals surface area contributed by atoms with Gasteiger partial charge in [0.05, 0.1) is 4.90 Å². The number of hydrogen-bond donors (Lipinski definition) is 3. The van der Waals surface area contributed by atoms with Crippen LogP contribution in [0.15, 0.2) is 53.4 Å². The average molecular weight is 379 g/mol. The number of benzene rings is 2. The SMILES string of the molecule is CCCNCCNS(=O)(=O)c1ccc(NC(=O)c2ccc(F)cc2)cc1. The maximum Gasteiger partial charge on any atom is 0.255 e. The Morgan fingerprint density at radius 3 is 2.23 bits per heavy atom. The molecule has 0 atom stereocenters. The Kier molecular flexibility index (Phi) is 7.26. The zero-order chi connectivity index (χ0) is 19.0. The van der Waals surface area contributed by atoms with E-state index in [9.17, 15) is 17.6 Å². The molecule has 1 amide bonds. The summed E-state index contributed by atoms with van der Waals surface area (Å²) in [6.07, 6.45) is 0.984. The molecule has 140 valence electrons. The van der Waals surface area contributed by atoms with Gasteiger partial charge < -0.3 is 10.6 Å². The summed E-state index contributed by atoms with van der Waals surface area (Å²) in [5, 5.41) is 5.75. The second-order valence-corrected chi connectivity index (χ2v) is 7.40. The van der Waals surface area contributed by atoms with Crippen LogP contribution >= 0.6 is 0 Å². The number of sulfonamides is 1. The lowest BCUT2D eigenvalue weighted by Crippen LogP contribution is -2.32. The second-order valence-electron chi connectivity index (χ2n) is 5.63. The van der Waals surface area contributed by atoms with Crippen LogP contribution in [-0.4, -0.2) is 34.0 Å². The molecule has 8 heteroatoms. The Labute approximate surface area is 152 Å². The molecule has 26 heavy (non-hydrogen) atoms. The summed E-state index contributed by atoms with van der Waals surface area (Å²) in [7, 11) is -3.59. The third-order valence-corrected chi connectivity index (χ3v) is 5.03. The Hall–Kier alpha value is -2.29. The van der Waals surface area contributed by atoms with Gasteiger partial charge in [-0.2, -0.15) is 0 Å². The summed E-state index contributed by atoms with van der Waals surface area (Å²) in [6, 6.07) is 11.0. The summed E-state index contributed by atoms with van der Waals surface area (Å²) in [5.74, 6) is -0.825. The molecular formula is C18H22FN3O3S. The number of hydrogen-bond acceptors (Lipinski definition) is 4. The van der Waals surface area contributed by atoms with Crippen molar-refractivity contribution in [2.75, 3.05) is 25.0 Å². The first kappa shape index (κ1) is 20.0. The van der Waals surface area contributed by atoms with E-state index in [4.69, 9.17) is 0 Å². The molecule has 0 fully saturated rings. The van der Waals surface area contributed by atoms with Gasteiger partial charge in [0.25, 0.3) is 5.91 Å². The van der Waals surface area contributed by atoms with Crippen molar-refractivity contribution < 1.29 is 17.6 Å². The molecule has 3 N–H and O–H groups in total. The Morgan fingerprint density at radius 2 is 1.62 bits per heavy atom. The maximum absolute atomic E-state index is 12.9. The molecule has 2 aromatic rings. The maximum atomic E-state index is 12.9. The highest BCUT2D eigenvalue weighted by molar-refractivity contribution is 7.89. The lowest BCUT2D eigenvalue weighted by Gasteiger charge is -2.09. The van der Waals surface area contributed by atoms with Gasteiger partial charge in [-0.05, 0) is 61.5 Å². The van der Waals surface area contributed by atoms with Crippen molar-refractivity contribution in [1.82, 2.24) is 10.0 Å². The number of amides is 1. The zero-order valence-electron chi connectivity index (χ0n) is 14.5. The number of halogens is 1. The smallest absolute Gasteiger partial charge is 0.255 e.